The van der Waals surface area contributed by atoms with Gasteiger partial charge in [-0.3, -0.25) is 15.0 Å². The molecule has 0 aliphatic heterocycles. The average Bonchev–Trinajstić information content (AvgIpc) is 3.07. The number of para-hydroxylation sites is 1. The summed E-state index contributed by atoms with van der Waals surface area (Å²) < 4.78 is 0. The summed E-state index contributed by atoms with van der Waals surface area (Å²) in [7, 11) is 0. The summed E-state index contributed by atoms with van der Waals surface area (Å²) >= 11 is 0. The Kier molecular flexibility index (Phi) is 5.08. The number of H-pyrrole nitrogens is 1. The SMILES string of the molecule is C(=NCCc1ccccn1)c1ccc(C=Nc2ccccc2)[nH]1. The first-order valence-corrected chi connectivity index (χ1v) is 7.58. The van der Waals surface area contributed by atoms with Crippen LogP contribution in [0.1, 0.15) is 17.1 Å². The van der Waals surface area contributed by atoms with E-state index in [0.29, 0.717) is 0 Å². The number of benzene rings is 1. The van der Waals surface area contributed by atoms with Crippen LogP contribution in [0.4, 0.5) is 5.69 Å². The van der Waals surface area contributed by atoms with Gasteiger partial charge >= 0.3 is 0 Å². The minimum atomic E-state index is 0.726. The molecular formula is C19H18N4. The molecule has 1 aromatic carbocycles. The van der Waals surface area contributed by atoms with E-state index in [1.807, 2.05) is 79.3 Å². The summed E-state index contributed by atoms with van der Waals surface area (Å²) in [6.07, 6.45) is 6.33. The summed E-state index contributed by atoms with van der Waals surface area (Å²) in [5.41, 5.74) is 3.93. The number of nitrogens with one attached hydrogen (secondary N) is 1. The third kappa shape index (κ3) is 4.74. The molecule has 2 heterocycles. The number of aliphatic imine (C=N–C) groups is 2. The number of nitrogens with zero attached hydrogens (tertiary/aromatic N) is 3. The molecular weight excluding hydrogens is 284 g/mol. The van der Waals surface area contributed by atoms with Gasteiger partial charge in [-0.2, -0.15) is 0 Å². The van der Waals surface area contributed by atoms with E-state index in [1.165, 1.54) is 0 Å². The molecule has 3 rings (SSSR count). The highest BCUT2D eigenvalue weighted by Gasteiger charge is 1.94. The monoisotopic (exact) mass is 302 g/mol. The van der Waals surface area contributed by atoms with E-state index in [1.54, 1.807) is 0 Å². The van der Waals surface area contributed by atoms with Gasteiger partial charge in [0, 0.05) is 31.1 Å². The molecule has 114 valence electrons. The quantitative estimate of drug-likeness (QED) is 0.691. The van der Waals surface area contributed by atoms with E-state index in [-0.39, 0.29) is 0 Å². The Morgan fingerprint density at radius 1 is 0.870 bits per heavy atom. The minimum absolute atomic E-state index is 0.726. The Labute approximate surface area is 135 Å². The predicted molar refractivity (Wildman–Crippen MR) is 94.9 cm³/mol. The highest BCUT2D eigenvalue weighted by Crippen LogP contribution is 2.09. The number of aromatic nitrogens is 2. The van der Waals surface area contributed by atoms with Crippen LogP contribution in [-0.4, -0.2) is 28.9 Å². The van der Waals surface area contributed by atoms with Gasteiger partial charge in [-0.15, -0.1) is 0 Å². The zero-order chi connectivity index (χ0) is 15.7. The predicted octanol–water partition coefficient (Wildman–Crippen LogP) is 3.82. The van der Waals surface area contributed by atoms with Crippen molar-refractivity contribution in [3.05, 3.63) is 83.9 Å². The fourth-order valence-electron chi connectivity index (χ4n) is 2.13. The van der Waals surface area contributed by atoms with Gasteiger partial charge in [-0.1, -0.05) is 24.3 Å². The molecule has 2 aromatic heterocycles. The molecule has 0 saturated carbocycles. The van der Waals surface area contributed by atoms with Crippen LogP contribution >= 0.6 is 0 Å². The van der Waals surface area contributed by atoms with Gasteiger partial charge in [0.1, 0.15) is 0 Å². The van der Waals surface area contributed by atoms with Crippen molar-refractivity contribution >= 4 is 18.1 Å². The van der Waals surface area contributed by atoms with Gasteiger partial charge in [-0.25, -0.2) is 0 Å². The van der Waals surface area contributed by atoms with Crippen molar-refractivity contribution in [1.82, 2.24) is 9.97 Å². The lowest BCUT2D eigenvalue weighted by atomic mass is 10.3. The van der Waals surface area contributed by atoms with Crippen LogP contribution in [0.25, 0.3) is 0 Å². The van der Waals surface area contributed by atoms with Crippen LogP contribution in [0.15, 0.2) is 76.8 Å². The molecule has 1 N–H and O–H groups in total. The number of hydrogen-bond acceptors (Lipinski definition) is 3. The summed E-state index contributed by atoms with van der Waals surface area (Å²) in [6, 6.07) is 19.8. The standard InChI is InChI=1S/C19H18N4/c1-2-6-16(7-3-1)22-15-19-10-9-18(23-19)14-20-13-11-17-8-4-5-12-21-17/h1-10,12,14-15,23H,11,13H2. The highest BCUT2D eigenvalue weighted by molar-refractivity contribution is 5.84. The zero-order valence-corrected chi connectivity index (χ0v) is 12.8. The van der Waals surface area contributed by atoms with Crippen molar-refractivity contribution < 1.29 is 0 Å². The third-order valence-corrected chi connectivity index (χ3v) is 3.29. The Hall–Kier alpha value is -3.01. The molecule has 23 heavy (non-hydrogen) atoms. The van der Waals surface area contributed by atoms with Gasteiger partial charge in [0.15, 0.2) is 0 Å². The van der Waals surface area contributed by atoms with Crippen molar-refractivity contribution in [2.75, 3.05) is 6.54 Å². The smallest absolute Gasteiger partial charge is 0.0630 e. The number of rotatable bonds is 6. The summed E-state index contributed by atoms with van der Waals surface area (Å²) in [4.78, 5) is 16.4. The zero-order valence-electron chi connectivity index (χ0n) is 12.8. The molecule has 0 unspecified atom stereocenters. The fourth-order valence-corrected chi connectivity index (χ4v) is 2.13. The Morgan fingerprint density at radius 3 is 2.43 bits per heavy atom. The van der Waals surface area contributed by atoms with E-state index in [0.717, 1.165) is 35.7 Å². The van der Waals surface area contributed by atoms with Gasteiger partial charge < -0.3 is 4.98 Å². The maximum Gasteiger partial charge on any atom is 0.0630 e. The average molecular weight is 302 g/mol. The van der Waals surface area contributed by atoms with E-state index >= 15 is 0 Å². The Bertz CT molecular complexity index is 773. The van der Waals surface area contributed by atoms with Gasteiger partial charge in [0.2, 0.25) is 0 Å². The summed E-state index contributed by atoms with van der Waals surface area (Å²) in [6.45, 7) is 0.726. The molecule has 4 heteroatoms. The van der Waals surface area contributed by atoms with Crippen LogP contribution in [0.2, 0.25) is 0 Å². The Morgan fingerprint density at radius 2 is 1.65 bits per heavy atom. The molecule has 0 atom stereocenters. The molecule has 4 nitrogen and oxygen atoms in total. The summed E-state index contributed by atoms with van der Waals surface area (Å²) in [5, 5.41) is 0. The first kappa shape index (κ1) is 14.9. The molecule has 0 fully saturated rings. The van der Waals surface area contributed by atoms with Crippen LogP contribution in [0.5, 0.6) is 0 Å². The Balaban J connectivity index is 1.53. The topological polar surface area (TPSA) is 53.4 Å². The lowest BCUT2D eigenvalue weighted by Crippen LogP contribution is -1.93. The molecule has 0 saturated heterocycles. The maximum absolute atomic E-state index is 4.43. The van der Waals surface area contributed by atoms with Crippen molar-refractivity contribution in [2.24, 2.45) is 9.98 Å². The van der Waals surface area contributed by atoms with Crippen molar-refractivity contribution in [1.29, 1.82) is 0 Å². The molecule has 0 bridgehead atoms. The number of pyridine rings is 1. The van der Waals surface area contributed by atoms with E-state index in [2.05, 4.69) is 20.0 Å². The first-order valence-electron chi connectivity index (χ1n) is 7.58. The van der Waals surface area contributed by atoms with Crippen LogP contribution in [0, 0.1) is 0 Å². The second kappa shape index (κ2) is 7.84. The van der Waals surface area contributed by atoms with Gasteiger partial charge in [-0.05, 0) is 36.4 Å². The van der Waals surface area contributed by atoms with E-state index < -0.39 is 0 Å². The highest BCUT2D eigenvalue weighted by atomic mass is 14.8. The number of hydrogen-bond donors (Lipinski definition) is 1. The lowest BCUT2D eigenvalue weighted by Gasteiger charge is -1.95. The molecule has 0 radical (unpaired) electrons. The molecule has 0 amide bonds. The second-order valence-electron chi connectivity index (χ2n) is 5.07. The van der Waals surface area contributed by atoms with Gasteiger partial charge in [0.05, 0.1) is 23.3 Å². The summed E-state index contributed by atoms with van der Waals surface area (Å²) in [5.74, 6) is 0. The maximum atomic E-state index is 4.43. The normalized spacial score (nSPS) is 11.5. The fraction of sp³-hybridized carbons (Fsp3) is 0.105. The lowest BCUT2D eigenvalue weighted by molar-refractivity contribution is 0.926. The molecule has 0 aliphatic rings. The van der Waals surface area contributed by atoms with Crippen molar-refractivity contribution in [3.63, 3.8) is 0 Å². The number of aromatic amines is 1. The largest absolute Gasteiger partial charge is 0.353 e. The van der Waals surface area contributed by atoms with Crippen molar-refractivity contribution in [3.8, 4) is 0 Å². The first-order chi connectivity index (χ1) is 11.4. The molecule has 0 spiro atoms. The third-order valence-electron chi connectivity index (χ3n) is 3.29. The van der Waals surface area contributed by atoms with Gasteiger partial charge in [0.25, 0.3) is 0 Å². The van der Waals surface area contributed by atoms with Crippen LogP contribution < -0.4 is 0 Å². The van der Waals surface area contributed by atoms with Crippen molar-refractivity contribution in [2.45, 2.75) is 6.42 Å². The molecule has 0 aliphatic carbocycles. The minimum Gasteiger partial charge on any atom is -0.353 e. The van der Waals surface area contributed by atoms with E-state index in [9.17, 15) is 0 Å². The van der Waals surface area contributed by atoms with Crippen LogP contribution in [0.3, 0.4) is 0 Å². The second-order valence-corrected chi connectivity index (χ2v) is 5.07. The van der Waals surface area contributed by atoms with E-state index in [4.69, 9.17) is 0 Å². The van der Waals surface area contributed by atoms with Crippen LogP contribution in [-0.2, 0) is 6.42 Å². The molecule has 3 aromatic rings.